The first-order chi connectivity index (χ1) is 4.81. The van der Waals surface area contributed by atoms with Gasteiger partial charge in [0.1, 0.15) is 0 Å². The fourth-order valence-corrected chi connectivity index (χ4v) is 0.485. The lowest BCUT2D eigenvalue weighted by molar-refractivity contribution is 0.0450. The van der Waals surface area contributed by atoms with Gasteiger partial charge in [0.25, 0.3) is 0 Å². The second kappa shape index (κ2) is 6.95. The number of rotatable bonds is 6. The molecule has 10 heavy (non-hydrogen) atoms. The van der Waals surface area contributed by atoms with Gasteiger partial charge in [-0.25, -0.2) is 0 Å². The number of ether oxygens (including phenoxy) is 1. The minimum atomic E-state index is -0.642. The van der Waals surface area contributed by atoms with E-state index in [-0.39, 0.29) is 6.61 Å². The van der Waals surface area contributed by atoms with Crippen LogP contribution >= 0.6 is 0 Å². The maximum atomic E-state index is 8.81. The smallest absolute Gasteiger partial charge is 0.0962 e. The monoisotopic (exact) mass is 149 g/mol. The minimum absolute atomic E-state index is 0.192. The fourth-order valence-electron chi connectivity index (χ4n) is 0.485. The molecule has 1 atom stereocenters. The predicted molar refractivity (Wildman–Crippen MR) is 37.6 cm³/mol. The minimum Gasteiger partial charge on any atom is -0.394 e. The van der Waals surface area contributed by atoms with Crippen molar-refractivity contribution in [1.82, 2.24) is 5.32 Å². The number of aliphatic hydroxyl groups excluding tert-OH is 2. The molecule has 4 nitrogen and oxygen atoms in total. The van der Waals surface area contributed by atoms with E-state index >= 15 is 0 Å². The van der Waals surface area contributed by atoms with Gasteiger partial charge in [-0.3, -0.25) is 5.32 Å². The summed E-state index contributed by atoms with van der Waals surface area (Å²) >= 11 is 0. The molecule has 0 fully saturated rings. The predicted octanol–water partition coefficient (Wildman–Crippen LogP) is -1.08. The molecular weight excluding hydrogens is 134 g/mol. The van der Waals surface area contributed by atoms with Gasteiger partial charge in [-0.15, -0.1) is 0 Å². The summed E-state index contributed by atoms with van der Waals surface area (Å²) in [6.45, 7) is 0.767. The molecule has 4 heteroatoms. The first-order valence-corrected chi connectivity index (χ1v) is 3.32. The van der Waals surface area contributed by atoms with E-state index in [9.17, 15) is 0 Å². The SMILES string of the molecule is CNCOCC[C@@H](O)CO. The third-order valence-electron chi connectivity index (χ3n) is 1.05. The summed E-state index contributed by atoms with van der Waals surface area (Å²) in [6, 6.07) is 0. The zero-order chi connectivity index (χ0) is 7.82. The van der Waals surface area contributed by atoms with Gasteiger partial charge in [-0.2, -0.15) is 0 Å². The Balaban J connectivity index is 2.89. The largest absolute Gasteiger partial charge is 0.394 e. The van der Waals surface area contributed by atoms with E-state index < -0.39 is 6.10 Å². The molecule has 0 radical (unpaired) electrons. The molecule has 0 aliphatic heterocycles. The van der Waals surface area contributed by atoms with E-state index in [0.29, 0.717) is 19.8 Å². The van der Waals surface area contributed by atoms with Crippen LogP contribution in [0.3, 0.4) is 0 Å². The van der Waals surface area contributed by atoms with Crippen molar-refractivity contribution in [3.8, 4) is 0 Å². The Kier molecular flexibility index (Phi) is 6.84. The van der Waals surface area contributed by atoms with Crippen molar-refractivity contribution in [2.45, 2.75) is 12.5 Å². The van der Waals surface area contributed by atoms with E-state index in [4.69, 9.17) is 14.9 Å². The summed E-state index contributed by atoms with van der Waals surface area (Å²) in [5, 5.41) is 20.0. The maximum Gasteiger partial charge on any atom is 0.0962 e. The van der Waals surface area contributed by atoms with Gasteiger partial charge < -0.3 is 14.9 Å². The van der Waals surface area contributed by atoms with Gasteiger partial charge >= 0.3 is 0 Å². The normalized spacial score (nSPS) is 13.5. The number of hydrogen-bond donors (Lipinski definition) is 3. The van der Waals surface area contributed by atoms with Crippen LogP contribution < -0.4 is 5.32 Å². The van der Waals surface area contributed by atoms with Gasteiger partial charge in [0.2, 0.25) is 0 Å². The van der Waals surface area contributed by atoms with Crippen LogP contribution in [0.5, 0.6) is 0 Å². The van der Waals surface area contributed by atoms with Gasteiger partial charge in [0, 0.05) is 0 Å². The quantitative estimate of drug-likeness (QED) is 0.332. The fraction of sp³-hybridized carbons (Fsp3) is 1.00. The molecule has 0 spiro atoms. The zero-order valence-electron chi connectivity index (χ0n) is 6.21. The highest BCUT2D eigenvalue weighted by Crippen LogP contribution is 1.89. The summed E-state index contributed by atoms with van der Waals surface area (Å²) in [5.41, 5.74) is 0. The van der Waals surface area contributed by atoms with Gasteiger partial charge in [0.15, 0.2) is 0 Å². The molecule has 0 unspecified atom stereocenters. The van der Waals surface area contributed by atoms with E-state index in [1.807, 2.05) is 0 Å². The lowest BCUT2D eigenvalue weighted by Crippen LogP contribution is -2.18. The second-order valence-electron chi connectivity index (χ2n) is 2.03. The Labute approximate surface area is 60.8 Å². The van der Waals surface area contributed by atoms with Crippen molar-refractivity contribution in [1.29, 1.82) is 0 Å². The molecule has 0 bridgehead atoms. The van der Waals surface area contributed by atoms with Crippen molar-refractivity contribution < 1.29 is 14.9 Å². The van der Waals surface area contributed by atoms with Crippen LogP contribution in [-0.4, -0.2) is 43.3 Å². The highest BCUT2D eigenvalue weighted by Gasteiger charge is 1.99. The molecule has 0 aromatic rings. The number of aliphatic hydroxyl groups is 2. The maximum absolute atomic E-state index is 8.81. The van der Waals surface area contributed by atoms with E-state index in [2.05, 4.69) is 5.32 Å². The lowest BCUT2D eigenvalue weighted by atomic mass is 10.3. The average Bonchev–Trinajstić information content (AvgIpc) is 1.98. The second-order valence-corrected chi connectivity index (χ2v) is 2.03. The first-order valence-electron chi connectivity index (χ1n) is 3.32. The Bertz CT molecular complexity index is 70.0. The van der Waals surface area contributed by atoms with Gasteiger partial charge in [0.05, 0.1) is 26.0 Å². The molecule has 0 rings (SSSR count). The van der Waals surface area contributed by atoms with Crippen molar-refractivity contribution >= 4 is 0 Å². The van der Waals surface area contributed by atoms with Crippen LogP contribution in [-0.2, 0) is 4.74 Å². The third-order valence-corrected chi connectivity index (χ3v) is 1.05. The lowest BCUT2D eigenvalue weighted by Gasteiger charge is -2.06. The van der Waals surface area contributed by atoms with E-state index in [0.717, 1.165) is 0 Å². The third kappa shape index (κ3) is 5.97. The van der Waals surface area contributed by atoms with E-state index in [1.165, 1.54) is 0 Å². The number of hydrogen-bond acceptors (Lipinski definition) is 4. The van der Waals surface area contributed by atoms with Crippen LogP contribution in [0.15, 0.2) is 0 Å². The molecule has 0 saturated carbocycles. The number of nitrogens with one attached hydrogen (secondary N) is 1. The summed E-state index contributed by atoms with van der Waals surface area (Å²) in [5.74, 6) is 0. The average molecular weight is 149 g/mol. The topological polar surface area (TPSA) is 61.7 Å². The van der Waals surface area contributed by atoms with Crippen LogP contribution in [0.1, 0.15) is 6.42 Å². The summed E-state index contributed by atoms with van der Waals surface area (Å²) in [4.78, 5) is 0. The van der Waals surface area contributed by atoms with Gasteiger partial charge in [-0.05, 0) is 13.5 Å². The standard InChI is InChI=1S/C6H15NO3/c1-7-5-10-3-2-6(9)4-8/h6-9H,2-5H2,1H3/t6-/m1/s1. The van der Waals surface area contributed by atoms with Crippen molar-refractivity contribution in [3.05, 3.63) is 0 Å². The van der Waals surface area contributed by atoms with Gasteiger partial charge in [-0.1, -0.05) is 0 Å². The summed E-state index contributed by atoms with van der Waals surface area (Å²) < 4.78 is 4.97. The van der Waals surface area contributed by atoms with Crippen molar-refractivity contribution in [2.24, 2.45) is 0 Å². The van der Waals surface area contributed by atoms with Crippen molar-refractivity contribution in [3.63, 3.8) is 0 Å². The highest BCUT2D eigenvalue weighted by molar-refractivity contribution is 4.49. The van der Waals surface area contributed by atoms with E-state index in [1.54, 1.807) is 7.05 Å². The van der Waals surface area contributed by atoms with Crippen LogP contribution in [0.2, 0.25) is 0 Å². The highest BCUT2D eigenvalue weighted by atomic mass is 16.5. The van der Waals surface area contributed by atoms with Crippen LogP contribution in [0.25, 0.3) is 0 Å². The van der Waals surface area contributed by atoms with Crippen LogP contribution in [0.4, 0.5) is 0 Å². The molecule has 0 aliphatic rings. The molecule has 62 valence electrons. The molecule has 0 heterocycles. The first kappa shape index (κ1) is 9.84. The summed E-state index contributed by atoms with van der Waals surface area (Å²) in [6.07, 6.45) is -0.157. The zero-order valence-corrected chi connectivity index (χ0v) is 6.21. The Hall–Kier alpha value is -0.160. The molecule has 0 aromatic carbocycles. The molecule has 0 aromatic heterocycles. The summed E-state index contributed by atoms with van der Waals surface area (Å²) in [7, 11) is 1.78. The molecular formula is C6H15NO3. The Morgan fingerprint density at radius 3 is 2.80 bits per heavy atom. The van der Waals surface area contributed by atoms with Crippen molar-refractivity contribution in [2.75, 3.05) is 27.0 Å². The molecule has 0 aliphatic carbocycles. The molecule has 0 saturated heterocycles. The Morgan fingerprint density at radius 2 is 2.30 bits per heavy atom. The molecule has 3 N–H and O–H groups in total. The molecule has 0 amide bonds. The Morgan fingerprint density at radius 1 is 1.60 bits per heavy atom. The van der Waals surface area contributed by atoms with Crippen LogP contribution in [0, 0.1) is 0 Å².